The molecule has 0 saturated carbocycles. The first kappa shape index (κ1) is 19.6. The lowest BCUT2D eigenvalue weighted by atomic mass is 10.2. The van der Waals surface area contributed by atoms with E-state index >= 15 is 0 Å². The number of aromatic amines is 1. The van der Waals surface area contributed by atoms with Gasteiger partial charge in [-0.15, -0.1) is 0 Å². The molecule has 2 aromatic carbocycles. The first-order chi connectivity index (χ1) is 14.4. The third-order valence-electron chi connectivity index (χ3n) is 4.12. The van der Waals surface area contributed by atoms with Crippen molar-refractivity contribution in [2.45, 2.75) is 11.9 Å². The number of carbonyl (C=O) groups is 1. The highest BCUT2D eigenvalue weighted by molar-refractivity contribution is 7.92. The van der Waals surface area contributed by atoms with Gasteiger partial charge in [0, 0.05) is 23.5 Å². The summed E-state index contributed by atoms with van der Waals surface area (Å²) in [5, 5.41) is 8.57. The molecule has 10 nitrogen and oxygen atoms in total. The van der Waals surface area contributed by atoms with E-state index in [0.29, 0.717) is 35.2 Å². The molecule has 1 amide bonds. The van der Waals surface area contributed by atoms with Gasteiger partial charge in [-0.2, -0.15) is 13.5 Å². The summed E-state index contributed by atoms with van der Waals surface area (Å²) in [5.74, 6) is 1.15. The van der Waals surface area contributed by atoms with E-state index in [9.17, 15) is 13.2 Å². The number of amides is 1. The highest BCUT2D eigenvalue weighted by Gasteiger charge is 2.21. The summed E-state index contributed by atoms with van der Waals surface area (Å²) >= 11 is 0. The summed E-state index contributed by atoms with van der Waals surface area (Å²) in [6.07, 6.45) is 0. The normalized spacial score (nSPS) is 12.4. The van der Waals surface area contributed by atoms with Crippen LogP contribution in [0.4, 0.5) is 11.4 Å². The fraction of sp³-hybridized carbons (Fsp3) is 0.158. The van der Waals surface area contributed by atoms with Crippen LogP contribution in [-0.4, -0.2) is 37.9 Å². The minimum absolute atomic E-state index is 0.0836. The van der Waals surface area contributed by atoms with Crippen LogP contribution in [0.3, 0.4) is 0 Å². The number of rotatable bonds is 7. The predicted molar refractivity (Wildman–Crippen MR) is 108 cm³/mol. The standard InChI is InChI=1S/C19H18N4O6S/c1-2-27-14-6-3-12(4-7-14)23-30(25,26)18-10-15(21-22-18)19(24)20-13-5-8-16-17(9-13)29-11-28-16/h3-10,23H,2,11H2,1H3,(H,20,24)(H,21,22). The summed E-state index contributed by atoms with van der Waals surface area (Å²) in [6, 6.07) is 12.5. The molecule has 2 heterocycles. The van der Waals surface area contributed by atoms with Crippen LogP contribution >= 0.6 is 0 Å². The van der Waals surface area contributed by atoms with Crippen molar-refractivity contribution in [3.63, 3.8) is 0 Å². The fourth-order valence-electron chi connectivity index (χ4n) is 2.72. The quantitative estimate of drug-likeness (QED) is 0.525. The molecule has 0 unspecified atom stereocenters. The molecule has 3 N–H and O–H groups in total. The Morgan fingerprint density at radius 1 is 1.10 bits per heavy atom. The monoisotopic (exact) mass is 430 g/mol. The molecule has 0 fully saturated rings. The SMILES string of the molecule is CCOc1ccc(NS(=O)(=O)c2cc(C(=O)Nc3ccc4c(c3)OCO4)n[nH]2)cc1. The van der Waals surface area contributed by atoms with Gasteiger partial charge in [-0.05, 0) is 43.3 Å². The number of sulfonamides is 1. The van der Waals surface area contributed by atoms with Crippen molar-refractivity contribution in [1.82, 2.24) is 10.2 Å². The van der Waals surface area contributed by atoms with Gasteiger partial charge >= 0.3 is 0 Å². The minimum Gasteiger partial charge on any atom is -0.494 e. The largest absolute Gasteiger partial charge is 0.494 e. The van der Waals surface area contributed by atoms with Crippen LogP contribution in [-0.2, 0) is 10.0 Å². The summed E-state index contributed by atoms with van der Waals surface area (Å²) in [4.78, 5) is 12.4. The minimum atomic E-state index is -3.96. The Hall–Kier alpha value is -3.73. The Labute approximate surface area is 172 Å². The molecule has 0 radical (unpaired) electrons. The second kappa shape index (κ2) is 7.95. The number of hydrogen-bond acceptors (Lipinski definition) is 7. The Morgan fingerprint density at radius 3 is 2.60 bits per heavy atom. The summed E-state index contributed by atoms with van der Waals surface area (Å²) in [5.41, 5.74) is 0.725. The lowest BCUT2D eigenvalue weighted by Crippen LogP contribution is -2.14. The van der Waals surface area contributed by atoms with Gasteiger partial charge in [-0.25, -0.2) is 0 Å². The first-order valence-electron chi connectivity index (χ1n) is 8.97. The van der Waals surface area contributed by atoms with Gasteiger partial charge in [0.2, 0.25) is 6.79 Å². The maximum absolute atomic E-state index is 12.6. The smallest absolute Gasteiger partial charge is 0.278 e. The molecular weight excluding hydrogens is 412 g/mol. The van der Waals surface area contributed by atoms with Gasteiger partial charge in [0.1, 0.15) is 5.75 Å². The van der Waals surface area contributed by atoms with E-state index in [1.54, 1.807) is 42.5 Å². The molecule has 1 aliphatic heterocycles. The van der Waals surface area contributed by atoms with Crippen LogP contribution in [0.25, 0.3) is 0 Å². The lowest BCUT2D eigenvalue weighted by molar-refractivity contribution is 0.102. The van der Waals surface area contributed by atoms with Crippen LogP contribution in [0.1, 0.15) is 17.4 Å². The second-order valence-electron chi connectivity index (χ2n) is 6.20. The van der Waals surface area contributed by atoms with E-state index in [1.165, 1.54) is 0 Å². The number of H-pyrrole nitrogens is 1. The molecular formula is C19H18N4O6S. The lowest BCUT2D eigenvalue weighted by Gasteiger charge is -2.07. The molecule has 11 heteroatoms. The van der Waals surface area contributed by atoms with Crippen LogP contribution in [0.2, 0.25) is 0 Å². The fourth-order valence-corrected chi connectivity index (χ4v) is 3.71. The molecule has 0 saturated heterocycles. The van der Waals surface area contributed by atoms with Gasteiger partial charge in [0.15, 0.2) is 22.2 Å². The molecule has 4 rings (SSSR count). The molecule has 0 bridgehead atoms. The van der Waals surface area contributed by atoms with Crippen molar-refractivity contribution in [1.29, 1.82) is 0 Å². The highest BCUT2D eigenvalue weighted by Crippen LogP contribution is 2.34. The number of hydrogen-bond donors (Lipinski definition) is 3. The van der Waals surface area contributed by atoms with Crippen LogP contribution in [0.15, 0.2) is 53.6 Å². The van der Waals surface area contributed by atoms with E-state index < -0.39 is 15.9 Å². The molecule has 0 atom stereocenters. The van der Waals surface area contributed by atoms with Crippen molar-refractivity contribution in [3.05, 3.63) is 54.2 Å². The Kier molecular flexibility index (Phi) is 5.19. The summed E-state index contributed by atoms with van der Waals surface area (Å²) in [6.45, 7) is 2.49. The Balaban J connectivity index is 1.45. The number of nitrogens with zero attached hydrogens (tertiary/aromatic N) is 1. The van der Waals surface area contributed by atoms with E-state index in [0.717, 1.165) is 6.07 Å². The second-order valence-corrected chi connectivity index (χ2v) is 7.85. The number of aromatic nitrogens is 2. The first-order valence-corrected chi connectivity index (χ1v) is 10.4. The molecule has 1 aliphatic rings. The number of ether oxygens (including phenoxy) is 3. The zero-order valence-corrected chi connectivity index (χ0v) is 16.7. The molecule has 0 spiro atoms. The van der Waals surface area contributed by atoms with Gasteiger partial charge < -0.3 is 19.5 Å². The number of anilines is 2. The van der Waals surface area contributed by atoms with Gasteiger partial charge in [-0.1, -0.05) is 0 Å². The zero-order chi connectivity index (χ0) is 21.1. The van der Waals surface area contributed by atoms with E-state index in [2.05, 4.69) is 20.2 Å². The van der Waals surface area contributed by atoms with Gasteiger partial charge in [0.25, 0.3) is 15.9 Å². The van der Waals surface area contributed by atoms with Crippen LogP contribution in [0.5, 0.6) is 17.2 Å². The third-order valence-corrected chi connectivity index (χ3v) is 5.42. The van der Waals surface area contributed by atoms with Crippen molar-refractivity contribution in [2.24, 2.45) is 0 Å². The predicted octanol–water partition coefficient (Wildman–Crippen LogP) is 2.59. The van der Waals surface area contributed by atoms with Gasteiger partial charge in [0.05, 0.1) is 6.61 Å². The third kappa shape index (κ3) is 4.15. The molecule has 0 aliphatic carbocycles. The highest BCUT2D eigenvalue weighted by atomic mass is 32.2. The maximum atomic E-state index is 12.6. The average molecular weight is 430 g/mol. The number of fused-ring (bicyclic) bond motifs is 1. The number of benzene rings is 2. The van der Waals surface area contributed by atoms with Crippen molar-refractivity contribution in [2.75, 3.05) is 23.4 Å². The van der Waals surface area contributed by atoms with E-state index in [-0.39, 0.29) is 17.5 Å². The van der Waals surface area contributed by atoms with Crippen LogP contribution in [0, 0.1) is 0 Å². The topological polar surface area (TPSA) is 132 Å². The van der Waals surface area contributed by atoms with Crippen molar-refractivity contribution >= 4 is 27.3 Å². The molecule has 156 valence electrons. The number of nitrogens with one attached hydrogen (secondary N) is 3. The Bertz CT molecular complexity index is 1170. The molecule has 30 heavy (non-hydrogen) atoms. The van der Waals surface area contributed by atoms with E-state index in [4.69, 9.17) is 14.2 Å². The van der Waals surface area contributed by atoms with Crippen LogP contribution < -0.4 is 24.2 Å². The van der Waals surface area contributed by atoms with Crippen molar-refractivity contribution in [3.8, 4) is 17.2 Å². The average Bonchev–Trinajstić information content (AvgIpc) is 3.39. The summed E-state index contributed by atoms with van der Waals surface area (Å²) in [7, 11) is -3.96. The zero-order valence-electron chi connectivity index (χ0n) is 15.8. The van der Waals surface area contributed by atoms with Crippen molar-refractivity contribution < 1.29 is 27.4 Å². The summed E-state index contributed by atoms with van der Waals surface area (Å²) < 4.78 is 43.3. The maximum Gasteiger partial charge on any atom is 0.278 e. The van der Waals surface area contributed by atoms with Gasteiger partial charge in [-0.3, -0.25) is 14.6 Å². The molecule has 3 aromatic rings. The number of carbonyl (C=O) groups excluding carboxylic acids is 1. The molecule has 1 aromatic heterocycles. The van der Waals surface area contributed by atoms with E-state index in [1.807, 2.05) is 6.92 Å². The Morgan fingerprint density at radius 2 is 1.83 bits per heavy atom.